The fourth-order valence-corrected chi connectivity index (χ4v) is 1.92. The van der Waals surface area contributed by atoms with Gasteiger partial charge < -0.3 is 5.32 Å². The van der Waals surface area contributed by atoms with E-state index in [2.05, 4.69) is 17.9 Å². The number of amides is 1. The maximum atomic E-state index is 11.8. The van der Waals surface area contributed by atoms with Crippen LogP contribution in [0.25, 0.3) is 0 Å². The second kappa shape index (κ2) is 5.24. The summed E-state index contributed by atoms with van der Waals surface area (Å²) in [6, 6.07) is 8.64. The van der Waals surface area contributed by atoms with Crippen molar-refractivity contribution < 1.29 is 4.79 Å². The van der Waals surface area contributed by atoms with Crippen LogP contribution in [0.2, 0.25) is 5.02 Å². The minimum Gasteiger partial charge on any atom is -0.357 e. The van der Waals surface area contributed by atoms with E-state index in [4.69, 9.17) is 11.6 Å². The van der Waals surface area contributed by atoms with Crippen LogP contribution in [0.15, 0.2) is 24.3 Å². The van der Waals surface area contributed by atoms with Crippen molar-refractivity contribution in [3.8, 4) is 6.07 Å². The van der Waals surface area contributed by atoms with Gasteiger partial charge >= 0.3 is 0 Å². The Labute approximate surface area is 105 Å². The van der Waals surface area contributed by atoms with E-state index < -0.39 is 5.41 Å². The van der Waals surface area contributed by atoms with E-state index in [0.29, 0.717) is 10.6 Å². The zero-order valence-corrected chi connectivity index (χ0v) is 10.3. The molecular formula is C11H11ClN2OS. The molecule has 16 heavy (non-hydrogen) atoms. The number of nitriles is 1. The normalized spacial score (nSPS) is 13.6. The summed E-state index contributed by atoms with van der Waals surface area (Å²) in [4.78, 5) is 11.8. The van der Waals surface area contributed by atoms with Crippen molar-refractivity contribution in [3.05, 3.63) is 34.9 Å². The largest absolute Gasteiger partial charge is 0.357 e. The highest BCUT2D eigenvalue weighted by Gasteiger charge is 2.38. The number of rotatable bonds is 3. The fraction of sp³-hybridized carbons (Fsp3) is 0.273. The van der Waals surface area contributed by atoms with Crippen LogP contribution >= 0.6 is 24.2 Å². The predicted octanol–water partition coefficient (Wildman–Crippen LogP) is 1.78. The first kappa shape index (κ1) is 12.9. The summed E-state index contributed by atoms with van der Waals surface area (Å²) in [7, 11) is 1.49. The molecule has 0 aliphatic rings. The van der Waals surface area contributed by atoms with E-state index >= 15 is 0 Å². The highest BCUT2D eigenvalue weighted by molar-refractivity contribution is 7.80. The molecule has 1 aromatic rings. The standard InChI is InChI=1S/C11H11ClN2OS/c1-14-10(15)11(6-13,7-16)8-2-4-9(12)5-3-8/h2-5,16H,7H2,1H3,(H,14,15). The number of carbonyl (C=O) groups excluding carboxylic acids is 1. The minimum absolute atomic E-state index is 0.116. The highest BCUT2D eigenvalue weighted by Crippen LogP contribution is 2.26. The van der Waals surface area contributed by atoms with Gasteiger partial charge in [0.2, 0.25) is 5.91 Å². The number of likely N-dealkylation sites (N-methyl/N-ethyl adjacent to an activating group) is 1. The first-order valence-electron chi connectivity index (χ1n) is 4.61. The quantitative estimate of drug-likeness (QED) is 0.808. The van der Waals surface area contributed by atoms with Crippen molar-refractivity contribution in [3.63, 3.8) is 0 Å². The maximum Gasteiger partial charge on any atom is 0.245 e. The van der Waals surface area contributed by atoms with Gasteiger partial charge in [-0.1, -0.05) is 23.7 Å². The van der Waals surface area contributed by atoms with Gasteiger partial charge in [0, 0.05) is 17.8 Å². The number of hydrogen-bond acceptors (Lipinski definition) is 3. The molecular weight excluding hydrogens is 244 g/mol. The molecule has 1 rings (SSSR count). The number of benzene rings is 1. The predicted molar refractivity (Wildman–Crippen MR) is 66.7 cm³/mol. The average molecular weight is 255 g/mol. The third-order valence-electron chi connectivity index (χ3n) is 2.38. The number of carbonyl (C=O) groups is 1. The van der Waals surface area contributed by atoms with Crippen LogP contribution in [0.1, 0.15) is 5.56 Å². The van der Waals surface area contributed by atoms with Gasteiger partial charge in [-0.3, -0.25) is 4.79 Å². The Morgan fingerprint density at radius 2 is 2.12 bits per heavy atom. The monoisotopic (exact) mass is 254 g/mol. The lowest BCUT2D eigenvalue weighted by molar-refractivity contribution is -0.123. The van der Waals surface area contributed by atoms with Crippen molar-refractivity contribution in [1.29, 1.82) is 5.26 Å². The molecule has 84 valence electrons. The number of thiol groups is 1. The van der Waals surface area contributed by atoms with Gasteiger partial charge in [-0.15, -0.1) is 0 Å². The van der Waals surface area contributed by atoms with Gasteiger partial charge in [0.15, 0.2) is 5.41 Å². The van der Waals surface area contributed by atoms with Crippen LogP contribution in [0.5, 0.6) is 0 Å². The molecule has 0 radical (unpaired) electrons. The van der Waals surface area contributed by atoms with Crippen molar-refractivity contribution in [2.24, 2.45) is 0 Å². The molecule has 0 heterocycles. The zero-order valence-electron chi connectivity index (χ0n) is 8.70. The molecule has 0 aliphatic carbocycles. The van der Waals surface area contributed by atoms with Crippen LogP contribution in [0.4, 0.5) is 0 Å². The Bertz CT molecular complexity index is 427. The molecule has 0 saturated heterocycles. The number of nitrogens with zero attached hydrogens (tertiary/aromatic N) is 1. The zero-order chi connectivity index (χ0) is 12.2. The van der Waals surface area contributed by atoms with Gasteiger partial charge in [0.05, 0.1) is 6.07 Å². The van der Waals surface area contributed by atoms with E-state index in [9.17, 15) is 10.1 Å². The number of nitrogens with one attached hydrogen (secondary N) is 1. The molecule has 1 unspecified atom stereocenters. The summed E-state index contributed by atoms with van der Waals surface area (Å²) in [5, 5.41) is 12.2. The van der Waals surface area contributed by atoms with Crippen LogP contribution in [-0.2, 0) is 10.2 Å². The molecule has 0 aliphatic heterocycles. The van der Waals surface area contributed by atoms with Crippen molar-refractivity contribution in [2.45, 2.75) is 5.41 Å². The summed E-state index contributed by atoms with van der Waals surface area (Å²) >= 11 is 9.85. The second-order valence-electron chi connectivity index (χ2n) is 3.26. The third-order valence-corrected chi connectivity index (χ3v) is 3.11. The Morgan fingerprint density at radius 1 is 1.56 bits per heavy atom. The Kier molecular flexibility index (Phi) is 4.22. The van der Waals surface area contributed by atoms with Crippen molar-refractivity contribution in [2.75, 3.05) is 12.8 Å². The van der Waals surface area contributed by atoms with E-state index in [0.717, 1.165) is 0 Å². The summed E-state index contributed by atoms with van der Waals surface area (Å²) in [5.41, 5.74) is -0.670. The van der Waals surface area contributed by atoms with E-state index in [1.54, 1.807) is 24.3 Å². The first-order valence-corrected chi connectivity index (χ1v) is 5.62. The summed E-state index contributed by atoms with van der Waals surface area (Å²) < 4.78 is 0. The van der Waals surface area contributed by atoms with Crippen LogP contribution in [0, 0.1) is 11.3 Å². The Balaban J connectivity index is 3.27. The Morgan fingerprint density at radius 3 is 2.50 bits per heavy atom. The number of hydrogen-bond donors (Lipinski definition) is 2. The van der Waals surface area contributed by atoms with Crippen LogP contribution < -0.4 is 5.32 Å². The molecule has 0 aromatic heterocycles. The molecule has 1 aromatic carbocycles. The summed E-state index contributed by atoms with van der Waals surface area (Å²) in [5.74, 6) is -0.252. The lowest BCUT2D eigenvalue weighted by Gasteiger charge is -2.22. The average Bonchev–Trinajstić information content (AvgIpc) is 2.33. The molecule has 1 atom stereocenters. The SMILES string of the molecule is CNC(=O)C(C#N)(CS)c1ccc(Cl)cc1. The van der Waals surface area contributed by atoms with E-state index in [1.165, 1.54) is 7.05 Å². The molecule has 0 bridgehead atoms. The van der Waals surface area contributed by atoms with Crippen molar-refractivity contribution in [1.82, 2.24) is 5.32 Å². The molecule has 0 saturated carbocycles. The second-order valence-corrected chi connectivity index (χ2v) is 4.01. The summed E-state index contributed by atoms with van der Waals surface area (Å²) in [6.07, 6.45) is 0. The van der Waals surface area contributed by atoms with Gasteiger partial charge in [0.1, 0.15) is 0 Å². The molecule has 1 N–H and O–H groups in total. The number of halogens is 1. The maximum absolute atomic E-state index is 11.8. The molecule has 0 fully saturated rings. The molecule has 5 heteroatoms. The lowest BCUT2D eigenvalue weighted by atomic mass is 9.83. The smallest absolute Gasteiger partial charge is 0.245 e. The molecule has 3 nitrogen and oxygen atoms in total. The van der Waals surface area contributed by atoms with E-state index in [1.807, 2.05) is 6.07 Å². The van der Waals surface area contributed by atoms with Gasteiger partial charge in [0.25, 0.3) is 0 Å². The minimum atomic E-state index is -1.26. The molecule has 1 amide bonds. The lowest BCUT2D eigenvalue weighted by Crippen LogP contribution is -2.43. The first-order chi connectivity index (χ1) is 7.60. The van der Waals surface area contributed by atoms with Crippen LogP contribution in [-0.4, -0.2) is 18.7 Å². The van der Waals surface area contributed by atoms with Gasteiger partial charge in [-0.05, 0) is 17.7 Å². The van der Waals surface area contributed by atoms with E-state index in [-0.39, 0.29) is 11.7 Å². The Hall–Kier alpha value is -1.18. The van der Waals surface area contributed by atoms with Gasteiger partial charge in [-0.2, -0.15) is 17.9 Å². The fourth-order valence-electron chi connectivity index (χ4n) is 1.39. The topological polar surface area (TPSA) is 52.9 Å². The highest BCUT2D eigenvalue weighted by atomic mass is 35.5. The van der Waals surface area contributed by atoms with Crippen LogP contribution in [0.3, 0.4) is 0 Å². The summed E-state index contributed by atoms with van der Waals surface area (Å²) in [6.45, 7) is 0. The third kappa shape index (κ3) is 2.16. The molecule has 0 spiro atoms. The van der Waals surface area contributed by atoms with Gasteiger partial charge in [-0.25, -0.2) is 0 Å². The van der Waals surface area contributed by atoms with Crippen molar-refractivity contribution >= 4 is 30.1 Å².